The Morgan fingerprint density at radius 3 is 2.14 bits per heavy atom. The topological polar surface area (TPSA) is 60.2 Å². The van der Waals surface area contributed by atoms with Crippen molar-refractivity contribution in [2.75, 3.05) is 0 Å². The number of aryl methyl sites for hydroxylation is 1. The zero-order valence-electron chi connectivity index (χ0n) is 13.6. The van der Waals surface area contributed by atoms with Crippen molar-refractivity contribution in [3.05, 3.63) is 16.0 Å². The Hall–Kier alpha value is -0.390. The molecule has 0 radical (unpaired) electrons. The summed E-state index contributed by atoms with van der Waals surface area (Å²) in [5.41, 5.74) is 2.10. The first-order valence-electron chi connectivity index (χ1n) is 8.05. The van der Waals surface area contributed by atoms with Gasteiger partial charge in [-0.15, -0.1) is 11.3 Å². The lowest BCUT2D eigenvalue weighted by Gasteiger charge is -2.04. The summed E-state index contributed by atoms with van der Waals surface area (Å²) in [7, 11) is -3.58. The molecule has 2 N–H and O–H groups in total. The van der Waals surface area contributed by atoms with Gasteiger partial charge in [-0.3, -0.25) is 0 Å². The van der Waals surface area contributed by atoms with E-state index in [-0.39, 0.29) is 0 Å². The van der Waals surface area contributed by atoms with Crippen LogP contribution in [-0.4, -0.2) is 8.42 Å². The molecule has 1 heterocycles. The Morgan fingerprint density at radius 2 is 1.57 bits per heavy atom. The van der Waals surface area contributed by atoms with E-state index in [4.69, 9.17) is 5.14 Å². The number of nitrogens with two attached hydrogens (primary N) is 1. The second-order valence-corrected chi connectivity index (χ2v) is 8.59. The van der Waals surface area contributed by atoms with Gasteiger partial charge in [-0.2, -0.15) is 0 Å². The molecule has 0 aromatic carbocycles. The van der Waals surface area contributed by atoms with Gasteiger partial charge in [0.05, 0.1) is 0 Å². The minimum absolute atomic E-state index is 0.368. The van der Waals surface area contributed by atoms with Crippen LogP contribution in [0, 0.1) is 6.92 Å². The first-order chi connectivity index (χ1) is 9.91. The van der Waals surface area contributed by atoms with Crippen molar-refractivity contribution >= 4 is 21.4 Å². The van der Waals surface area contributed by atoms with Gasteiger partial charge in [0.2, 0.25) is 10.0 Å². The standard InChI is InChI=1S/C16H29NO2S2/c1-4-6-7-8-9-10-12-15-14(11-5-2)13(3)16(20-15)21(17,18)19/h4-12H2,1-3H3,(H2,17,18,19). The number of unbranched alkanes of at least 4 members (excludes halogenated alkanes) is 5. The van der Waals surface area contributed by atoms with E-state index in [1.165, 1.54) is 53.9 Å². The molecule has 0 unspecified atom stereocenters. The summed E-state index contributed by atoms with van der Waals surface area (Å²) in [6, 6.07) is 0. The predicted octanol–water partition coefficient (Wildman–Crippen LogP) is 4.56. The van der Waals surface area contributed by atoms with E-state index >= 15 is 0 Å². The normalized spacial score (nSPS) is 12.0. The van der Waals surface area contributed by atoms with Crippen LogP contribution >= 0.6 is 11.3 Å². The second-order valence-electron chi connectivity index (χ2n) is 5.73. The average molecular weight is 332 g/mol. The lowest BCUT2D eigenvalue weighted by Crippen LogP contribution is -2.11. The molecule has 21 heavy (non-hydrogen) atoms. The molecular weight excluding hydrogens is 302 g/mol. The van der Waals surface area contributed by atoms with Crippen molar-refractivity contribution in [1.29, 1.82) is 0 Å². The molecule has 0 fully saturated rings. The van der Waals surface area contributed by atoms with E-state index < -0.39 is 10.0 Å². The minimum Gasteiger partial charge on any atom is -0.224 e. The van der Waals surface area contributed by atoms with E-state index in [0.717, 1.165) is 31.2 Å². The molecule has 0 saturated carbocycles. The van der Waals surface area contributed by atoms with Gasteiger partial charge in [0.15, 0.2) is 0 Å². The number of sulfonamides is 1. The van der Waals surface area contributed by atoms with Gasteiger partial charge in [-0.25, -0.2) is 13.6 Å². The lowest BCUT2D eigenvalue weighted by atomic mass is 10.0. The molecule has 0 spiro atoms. The van der Waals surface area contributed by atoms with Gasteiger partial charge in [0, 0.05) is 4.88 Å². The maximum Gasteiger partial charge on any atom is 0.247 e. The molecule has 1 rings (SSSR count). The van der Waals surface area contributed by atoms with E-state index in [1.54, 1.807) is 0 Å². The summed E-state index contributed by atoms with van der Waals surface area (Å²) in [6.07, 6.45) is 10.5. The van der Waals surface area contributed by atoms with Gasteiger partial charge in [0.25, 0.3) is 0 Å². The van der Waals surface area contributed by atoms with Crippen molar-refractivity contribution in [1.82, 2.24) is 0 Å². The third-order valence-corrected chi connectivity index (χ3v) is 6.79. The third kappa shape index (κ3) is 5.72. The molecule has 0 amide bonds. The van der Waals surface area contributed by atoms with Crippen molar-refractivity contribution < 1.29 is 8.42 Å². The summed E-state index contributed by atoms with van der Waals surface area (Å²) >= 11 is 1.39. The Kier molecular flexibility index (Phi) is 7.92. The molecule has 0 aliphatic rings. The summed E-state index contributed by atoms with van der Waals surface area (Å²) in [5, 5.41) is 5.33. The van der Waals surface area contributed by atoms with Gasteiger partial charge in [-0.05, 0) is 37.3 Å². The zero-order chi connectivity index (χ0) is 15.9. The van der Waals surface area contributed by atoms with Crippen LogP contribution in [-0.2, 0) is 22.9 Å². The molecule has 5 heteroatoms. The van der Waals surface area contributed by atoms with E-state index in [2.05, 4.69) is 13.8 Å². The lowest BCUT2D eigenvalue weighted by molar-refractivity contribution is 0.599. The van der Waals surface area contributed by atoms with Crippen molar-refractivity contribution in [3.63, 3.8) is 0 Å². The highest BCUT2D eigenvalue weighted by molar-refractivity contribution is 7.91. The Labute approximate surface area is 134 Å². The Morgan fingerprint density at radius 1 is 0.952 bits per heavy atom. The van der Waals surface area contributed by atoms with E-state index in [9.17, 15) is 8.42 Å². The summed E-state index contributed by atoms with van der Waals surface area (Å²) < 4.78 is 23.7. The molecule has 0 bridgehead atoms. The molecule has 0 aliphatic heterocycles. The Balaban J connectivity index is 2.72. The Bertz CT molecular complexity index is 533. The zero-order valence-corrected chi connectivity index (χ0v) is 15.2. The SMILES string of the molecule is CCCCCCCCc1sc(S(N)(=O)=O)c(C)c1CCC. The minimum atomic E-state index is -3.58. The number of primary sulfonamides is 1. The van der Waals surface area contributed by atoms with E-state index in [1.807, 2.05) is 6.92 Å². The predicted molar refractivity (Wildman–Crippen MR) is 91.5 cm³/mol. The highest BCUT2D eigenvalue weighted by atomic mass is 32.2. The molecule has 0 aliphatic carbocycles. The van der Waals surface area contributed by atoms with Crippen LogP contribution in [0.5, 0.6) is 0 Å². The molecule has 122 valence electrons. The van der Waals surface area contributed by atoms with Crippen LogP contribution in [0.1, 0.15) is 74.8 Å². The van der Waals surface area contributed by atoms with Gasteiger partial charge in [0.1, 0.15) is 4.21 Å². The molecule has 1 aromatic heterocycles. The quantitative estimate of drug-likeness (QED) is 0.639. The number of rotatable bonds is 10. The van der Waals surface area contributed by atoms with Crippen LogP contribution in [0.15, 0.2) is 4.21 Å². The van der Waals surface area contributed by atoms with Crippen LogP contribution in [0.4, 0.5) is 0 Å². The fraction of sp³-hybridized carbons (Fsp3) is 0.750. The average Bonchev–Trinajstić information content (AvgIpc) is 2.72. The summed E-state index contributed by atoms with van der Waals surface area (Å²) in [5.74, 6) is 0. The second kappa shape index (κ2) is 8.91. The molecule has 3 nitrogen and oxygen atoms in total. The van der Waals surface area contributed by atoms with Crippen molar-refractivity contribution in [2.45, 2.75) is 82.8 Å². The first-order valence-corrected chi connectivity index (χ1v) is 10.4. The highest BCUT2D eigenvalue weighted by Gasteiger charge is 2.21. The number of thiophene rings is 1. The van der Waals surface area contributed by atoms with Crippen molar-refractivity contribution in [2.24, 2.45) is 5.14 Å². The van der Waals surface area contributed by atoms with Crippen LogP contribution in [0.3, 0.4) is 0 Å². The fourth-order valence-electron chi connectivity index (χ4n) is 2.70. The molecule has 0 saturated heterocycles. The summed E-state index contributed by atoms with van der Waals surface area (Å²) in [6.45, 7) is 6.24. The van der Waals surface area contributed by atoms with Crippen LogP contribution < -0.4 is 5.14 Å². The largest absolute Gasteiger partial charge is 0.247 e. The van der Waals surface area contributed by atoms with E-state index in [0.29, 0.717) is 4.21 Å². The molecule has 1 aromatic rings. The van der Waals surface area contributed by atoms with Gasteiger partial charge >= 0.3 is 0 Å². The monoisotopic (exact) mass is 331 g/mol. The number of hydrogen-bond acceptors (Lipinski definition) is 3. The van der Waals surface area contributed by atoms with Gasteiger partial charge in [-0.1, -0.05) is 52.4 Å². The summed E-state index contributed by atoms with van der Waals surface area (Å²) in [4.78, 5) is 1.23. The molecular formula is C16H29NO2S2. The fourth-order valence-corrected chi connectivity index (χ4v) is 5.14. The highest BCUT2D eigenvalue weighted by Crippen LogP contribution is 2.33. The maximum atomic E-state index is 11.7. The third-order valence-electron chi connectivity index (χ3n) is 3.83. The number of hydrogen-bond donors (Lipinski definition) is 1. The van der Waals surface area contributed by atoms with Crippen LogP contribution in [0.25, 0.3) is 0 Å². The first kappa shape index (κ1) is 18.7. The van der Waals surface area contributed by atoms with Crippen LogP contribution in [0.2, 0.25) is 0 Å². The molecule has 0 atom stereocenters. The smallest absolute Gasteiger partial charge is 0.224 e. The van der Waals surface area contributed by atoms with Gasteiger partial charge < -0.3 is 0 Å². The maximum absolute atomic E-state index is 11.7. The van der Waals surface area contributed by atoms with Crippen molar-refractivity contribution in [3.8, 4) is 0 Å².